The third-order valence-corrected chi connectivity index (χ3v) is 4.28. The Morgan fingerprint density at radius 1 is 1.33 bits per heavy atom. The van der Waals surface area contributed by atoms with Crippen LogP contribution >= 0.6 is 11.6 Å². The highest BCUT2D eigenvalue weighted by molar-refractivity contribution is 6.30. The van der Waals surface area contributed by atoms with Gasteiger partial charge in [-0.1, -0.05) is 30.2 Å². The van der Waals surface area contributed by atoms with Crippen LogP contribution in [0.5, 0.6) is 0 Å². The minimum absolute atomic E-state index is 0.147. The van der Waals surface area contributed by atoms with Crippen molar-refractivity contribution in [2.24, 2.45) is 0 Å². The summed E-state index contributed by atoms with van der Waals surface area (Å²) in [6, 6.07) is 5.21. The van der Waals surface area contributed by atoms with Crippen LogP contribution in [0, 0.1) is 5.82 Å². The summed E-state index contributed by atoms with van der Waals surface area (Å²) in [6.07, 6.45) is 6.15. The van der Waals surface area contributed by atoms with E-state index in [1.807, 2.05) is 12.1 Å². The van der Waals surface area contributed by atoms with E-state index in [9.17, 15) is 4.39 Å². The molecule has 116 valence electrons. The highest BCUT2D eigenvalue weighted by atomic mass is 35.5. The fraction of sp³-hybridized carbons (Fsp3) is 0.529. The Kier molecular flexibility index (Phi) is 6.68. The molecule has 2 rings (SSSR count). The van der Waals surface area contributed by atoms with Crippen molar-refractivity contribution in [2.75, 3.05) is 26.2 Å². The lowest BCUT2D eigenvalue weighted by molar-refractivity contribution is 0.160. The third-order valence-electron chi connectivity index (χ3n) is 4.05. The average Bonchev–Trinajstić information content (AvgIpc) is 2.49. The molecule has 1 fully saturated rings. The van der Waals surface area contributed by atoms with Gasteiger partial charge in [0.05, 0.1) is 0 Å². The van der Waals surface area contributed by atoms with Crippen molar-refractivity contribution in [3.05, 3.63) is 47.3 Å². The van der Waals surface area contributed by atoms with E-state index in [4.69, 9.17) is 11.6 Å². The van der Waals surface area contributed by atoms with Gasteiger partial charge in [-0.25, -0.2) is 4.39 Å². The van der Waals surface area contributed by atoms with Crippen molar-refractivity contribution in [3.63, 3.8) is 0 Å². The maximum Gasteiger partial charge on any atom is 0.129 e. The van der Waals surface area contributed by atoms with E-state index in [0.29, 0.717) is 5.02 Å². The molecule has 21 heavy (non-hydrogen) atoms. The summed E-state index contributed by atoms with van der Waals surface area (Å²) in [7, 11) is 0. The number of benzene rings is 1. The predicted molar refractivity (Wildman–Crippen MR) is 87.3 cm³/mol. The molecule has 2 nitrogen and oxygen atoms in total. The van der Waals surface area contributed by atoms with E-state index >= 15 is 0 Å². The minimum atomic E-state index is -0.185. The summed E-state index contributed by atoms with van der Waals surface area (Å²) in [5, 5.41) is 3.81. The van der Waals surface area contributed by atoms with E-state index in [1.165, 1.54) is 6.07 Å². The Hall–Kier alpha value is -0.900. The molecular weight excluding hydrogens is 287 g/mol. The Morgan fingerprint density at radius 3 is 2.76 bits per heavy atom. The van der Waals surface area contributed by atoms with Crippen LogP contribution in [0.1, 0.15) is 37.3 Å². The van der Waals surface area contributed by atoms with Gasteiger partial charge in [-0.2, -0.15) is 0 Å². The Labute approximate surface area is 132 Å². The van der Waals surface area contributed by atoms with Crippen molar-refractivity contribution in [1.29, 1.82) is 0 Å². The van der Waals surface area contributed by atoms with Gasteiger partial charge in [-0.15, -0.1) is 6.58 Å². The largest absolute Gasteiger partial charge is 0.314 e. The SMILES string of the molecule is C=CCCCC[C@H](c1ccc(Cl)cc1F)N1CCNCC1. The molecule has 0 aromatic heterocycles. The van der Waals surface area contributed by atoms with E-state index < -0.39 is 0 Å². The predicted octanol–water partition coefficient (Wildman–Crippen LogP) is 4.17. The monoisotopic (exact) mass is 310 g/mol. The van der Waals surface area contributed by atoms with Crippen LogP contribution in [-0.2, 0) is 0 Å². The zero-order valence-corrected chi connectivity index (χ0v) is 13.2. The summed E-state index contributed by atoms with van der Waals surface area (Å²) in [4.78, 5) is 2.39. The van der Waals surface area contributed by atoms with Crippen molar-refractivity contribution >= 4 is 11.6 Å². The van der Waals surface area contributed by atoms with Gasteiger partial charge in [0.2, 0.25) is 0 Å². The summed E-state index contributed by atoms with van der Waals surface area (Å²) in [5.41, 5.74) is 0.778. The molecule has 1 saturated heterocycles. The number of piperazine rings is 1. The summed E-state index contributed by atoms with van der Waals surface area (Å²) < 4.78 is 14.3. The molecule has 0 aliphatic carbocycles. The first-order chi connectivity index (χ1) is 10.2. The van der Waals surface area contributed by atoms with Gasteiger partial charge in [0.1, 0.15) is 5.82 Å². The quantitative estimate of drug-likeness (QED) is 0.600. The maximum atomic E-state index is 14.3. The Morgan fingerprint density at radius 2 is 2.10 bits per heavy atom. The van der Waals surface area contributed by atoms with Crippen LogP contribution in [0.4, 0.5) is 4.39 Å². The molecule has 0 amide bonds. The van der Waals surface area contributed by atoms with Crippen molar-refractivity contribution in [1.82, 2.24) is 10.2 Å². The Bertz CT molecular complexity index is 458. The molecule has 0 unspecified atom stereocenters. The Balaban J connectivity index is 2.11. The van der Waals surface area contributed by atoms with Crippen LogP contribution in [0.2, 0.25) is 5.02 Å². The molecule has 0 saturated carbocycles. The topological polar surface area (TPSA) is 15.3 Å². The molecule has 1 aromatic carbocycles. The molecule has 0 radical (unpaired) electrons. The highest BCUT2D eigenvalue weighted by Crippen LogP contribution is 2.30. The van der Waals surface area contributed by atoms with Gasteiger partial charge in [-0.3, -0.25) is 4.90 Å². The van der Waals surface area contributed by atoms with Crippen molar-refractivity contribution < 1.29 is 4.39 Å². The van der Waals surface area contributed by atoms with Gasteiger partial charge < -0.3 is 5.32 Å². The number of unbranched alkanes of at least 4 members (excludes halogenated alkanes) is 2. The van der Waals surface area contributed by atoms with Crippen molar-refractivity contribution in [2.45, 2.75) is 31.7 Å². The first-order valence-electron chi connectivity index (χ1n) is 7.73. The van der Waals surface area contributed by atoms with Gasteiger partial charge in [0.15, 0.2) is 0 Å². The molecule has 1 aliphatic heterocycles. The molecule has 1 atom stereocenters. The van der Waals surface area contributed by atoms with Crippen LogP contribution in [-0.4, -0.2) is 31.1 Å². The minimum Gasteiger partial charge on any atom is -0.314 e. The highest BCUT2D eigenvalue weighted by Gasteiger charge is 2.24. The number of halogens is 2. The molecule has 0 spiro atoms. The molecule has 4 heteroatoms. The molecular formula is C17H24ClFN2. The lowest BCUT2D eigenvalue weighted by Crippen LogP contribution is -2.45. The number of hydrogen-bond donors (Lipinski definition) is 1. The van der Waals surface area contributed by atoms with Crippen LogP contribution in [0.25, 0.3) is 0 Å². The van der Waals surface area contributed by atoms with E-state index in [1.54, 1.807) is 6.07 Å². The number of allylic oxidation sites excluding steroid dienone is 1. The summed E-state index contributed by atoms with van der Waals surface area (Å²) in [6.45, 7) is 7.63. The van der Waals surface area contributed by atoms with Crippen LogP contribution in [0.3, 0.4) is 0 Å². The second kappa shape index (κ2) is 8.52. The maximum absolute atomic E-state index is 14.3. The smallest absolute Gasteiger partial charge is 0.129 e. The number of nitrogens with zero attached hydrogens (tertiary/aromatic N) is 1. The van der Waals surface area contributed by atoms with Crippen molar-refractivity contribution in [3.8, 4) is 0 Å². The fourth-order valence-corrected chi connectivity index (χ4v) is 3.09. The standard InChI is InChI=1S/C17H24ClFN2/c1-2-3-4-5-6-17(21-11-9-20-10-12-21)15-8-7-14(18)13-16(15)19/h2,7-8,13,17,20H,1,3-6,9-12H2/t17-/m1/s1. The van der Waals surface area contributed by atoms with Gasteiger partial charge in [-0.05, 0) is 31.4 Å². The summed E-state index contributed by atoms with van der Waals surface area (Å²) in [5.74, 6) is -0.185. The van der Waals surface area contributed by atoms with E-state index in [-0.39, 0.29) is 11.9 Å². The lowest BCUT2D eigenvalue weighted by atomic mass is 9.97. The van der Waals surface area contributed by atoms with Gasteiger partial charge >= 0.3 is 0 Å². The fourth-order valence-electron chi connectivity index (χ4n) is 2.93. The number of hydrogen-bond acceptors (Lipinski definition) is 2. The van der Waals surface area contributed by atoms with Crippen LogP contribution < -0.4 is 5.32 Å². The van der Waals surface area contributed by atoms with E-state index in [0.717, 1.165) is 57.4 Å². The average molecular weight is 311 g/mol. The number of nitrogens with one attached hydrogen (secondary N) is 1. The lowest BCUT2D eigenvalue weighted by Gasteiger charge is -2.35. The summed E-state index contributed by atoms with van der Waals surface area (Å²) >= 11 is 5.88. The van der Waals surface area contributed by atoms with Gasteiger partial charge in [0, 0.05) is 42.8 Å². The molecule has 1 heterocycles. The second-order valence-corrected chi connectivity index (χ2v) is 5.98. The normalized spacial score (nSPS) is 17.6. The van der Waals surface area contributed by atoms with Crippen LogP contribution in [0.15, 0.2) is 30.9 Å². The molecule has 1 aliphatic rings. The molecule has 1 N–H and O–H groups in total. The zero-order chi connectivity index (χ0) is 15.1. The van der Waals surface area contributed by atoms with E-state index in [2.05, 4.69) is 16.8 Å². The number of rotatable bonds is 7. The third kappa shape index (κ3) is 4.80. The zero-order valence-electron chi connectivity index (χ0n) is 12.5. The molecule has 0 bridgehead atoms. The first kappa shape index (κ1) is 16.5. The molecule has 1 aromatic rings. The first-order valence-corrected chi connectivity index (χ1v) is 8.11. The second-order valence-electron chi connectivity index (χ2n) is 5.54. The van der Waals surface area contributed by atoms with Gasteiger partial charge in [0.25, 0.3) is 0 Å².